The largest absolute Gasteiger partial charge is 0.378 e. The van der Waals surface area contributed by atoms with Gasteiger partial charge in [-0.1, -0.05) is 25.1 Å². The second-order valence-corrected chi connectivity index (χ2v) is 10.8. The fraction of sp³-hybridized carbons (Fsp3) is 0.609. The predicted molar refractivity (Wildman–Crippen MR) is 133 cm³/mol. The van der Waals surface area contributed by atoms with Crippen LogP contribution in [0.2, 0.25) is 0 Å². The van der Waals surface area contributed by atoms with Gasteiger partial charge >= 0.3 is 0 Å². The maximum atomic E-state index is 6.25. The van der Waals surface area contributed by atoms with E-state index in [0.29, 0.717) is 6.61 Å². The number of anilines is 2. The molecule has 0 radical (unpaired) electrons. The van der Waals surface area contributed by atoms with Gasteiger partial charge in [-0.3, -0.25) is 0 Å². The predicted octanol–water partition coefficient (Wildman–Crippen LogP) is 4.86. The summed E-state index contributed by atoms with van der Waals surface area (Å²) in [5.41, 5.74) is 3.36. The first-order valence-electron chi connectivity index (χ1n) is 11.4. The van der Waals surface area contributed by atoms with Crippen LogP contribution < -0.4 is 10.2 Å². The summed E-state index contributed by atoms with van der Waals surface area (Å²) in [6, 6.07) is 0. The third kappa shape index (κ3) is 4.04. The van der Waals surface area contributed by atoms with Crippen molar-refractivity contribution in [2.75, 3.05) is 49.3 Å². The van der Waals surface area contributed by atoms with Crippen LogP contribution in [0, 0.1) is 0 Å². The van der Waals surface area contributed by atoms with E-state index in [1.54, 1.807) is 23.1 Å². The third-order valence-corrected chi connectivity index (χ3v) is 7.79. The molecule has 0 unspecified atom stereocenters. The Morgan fingerprint density at radius 1 is 1.16 bits per heavy atom. The average molecular weight is 474 g/mol. The van der Waals surface area contributed by atoms with Gasteiger partial charge in [0.2, 0.25) is 0 Å². The highest BCUT2D eigenvalue weighted by molar-refractivity contribution is 7.98. The Hall–Kier alpha value is -1.68. The number of morpholine rings is 1. The molecule has 0 amide bonds. The Balaban J connectivity index is 1.74. The van der Waals surface area contributed by atoms with Crippen molar-refractivity contribution >= 4 is 55.2 Å². The molecule has 32 heavy (non-hydrogen) atoms. The monoisotopic (exact) mass is 473 g/mol. The zero-order valence-electron chi connectivity index (χ0n) is 19.3. The molecule has 0 aromatic carbocycles. The third-order valence-electron chi connectivity index (χ3n) is 6.16. The lowest BCUT2D eigenvalue weighted by Crippen LogP contribution is -2.39. The smallest absolute Gasteiger partial charge is 0.189 e. The minimum atomic E-state index is -0.213. The molecule has 2 aliphatic rings. The minimum Gasteiger partial charge on any atom is -0.378 e. The van der Waals surface area contributed by atoms with E-state index < -0.39 is 0 Å². The zero-order chi connectivity index (χ0) is 22.3. The van der Waals surface area contributed by atoms with Crippen molar-refractivity contribution in [3.8, 4) is 0 Å². The summed E-state index contributed by atoms with van der Waals surface area (Å²) >= 11 is 3.30. The summed E-state index contributed by atoms with van der Waals surface area (Å²) in [5.74, 6) is 1.99. The first-order chi connectivity index (χ1) is 15.5. The Morgan fingerprint density at radius 2 is 1.97 bits per heavy atom. The van der Waals surface area contributed by atoms with E-state index in [-0.39, 0.29) is 5.60 Å². The van der Waals surface area contributed by atoms with E-state index in [9.17, 15) is 0 Å². The van der Waals surface area contributed by atoms with Crippen molar-refractivity contribution < 1.29 is 9.47 Å². The zero-order valence-corrected chi connectivity index (χ0v) is 20.9. The summed E-state index contributed by atoms with van der Waals surface area (Å²) in [6.07, 6.45) is 5.15. The molecule has 1 saturated heterocycles. The van der Waals surface area contributed by atoms with Crippen LogP contribution in [0.25, 0.3) is 20.4 Å². The molecular formula is C23H31N5O2S2. The fourth-order valence-corrected chi connectivity index (χ4v) is 5.94. The molecule has 1 fully saturated rings. The normalized spacial score (nSPS) is 18.3. The van der Waals surface area contributed by atoms with Crippen molar-refractivity contribution in [2.24, 2.45) is 0 Å². The molecule has 3 aromatic rings. The average Bonchev–Trinajstić information content (AvgIpc) is 3.17. The molecule has 5 rings (SSSR count). The number of nitrogens with zero attached hydrogens (tertiary/aromatic N) is 4. The van der Waals surface area contributed by atoms with Crippen LogP contribution in [0.4, 0.5) is 11.6 Å². The lowest BCUT2D eigenvalue weighted by molar-refractivity contribution is -0.0396. The van der Waals surface area contributed by atoms with Crippen LogP contribution in [0.5, 0.6) is 0 Å². The summed E-state index contributed by atoms with van der Waals surface area (Å²) in [4.78, 5) is 18.4. The maximum Gasteiger partial charge on any atom is 0.189 e. The number of aromatic nitrogens is 3. The Kier molecular flexibility index (Phi) is 6.17. The van der Waals surface area contributed by atoms with Crippen LogP contribution in [0.15, 0.2) is 5.16 Å². The van der Waals surface area contributed by atoms with Gasteiger partial charge in [0.1, 0.15) is 16.5 Å². The Morgan fingerprint density at radius 3 is 2.72 bits per heavy atom. The van der Waals surface area contributed by atoms with Gasteiger partial charge in [0.25, 0.3) is 0 Å². The van der Waals surface area contributed by atoms with Gasteiger partial charge in [-0.15, -0.1) is 11.3 Å². The van der Waals surface area contributed by atoms with E-state index in [1.165, 1.54) is 16.5 Å². The quantitative estimate of drug-likeness (QED) is 0.309. The van der Waals surface area contributed by atoms with Gasteiger partial charge in [0.15, 0.2) is 5.16 Å². The number of thiophene rings is 1. The summed E-state index contributed by atoms with van der Waals surface area (Å²) in [6.45, 7) is 11.2. The second kappa shape index (κ2) is 8.93. The number of thioether (sulfide) groups is 1. The number of rotatable bonds is 6. The fourth-order valence-electron chi connectivity index (χ4n) is 4.47. The summed E-state index contributed by atoms with van der Waals surface area (Å²) in [7, 11) is 0. The molecule has 0 aliphatic carbocycles. The molecule has 0 atom stereocenters. The van der Waals surface area contributed by atoms with Gasteiger partial charge in [-0.2, -0.15) is 0 Å². The van der Waals surface area contributed by atoms with E-state index in [1.807, 2.05) is 6.26 Å². The summed E-state index contributed by atoms with van der Waals surface area (Å²) < 4.78 is 12.9. The molecule has 172 valence electrons. The number of fused-ring (bicyclic) bond motifs is 5. The minimum absolute atomic E-state index is 0.213. The van der Waals surface area contributed by atoms with Gasteiger partial charge in [0, 0.05) is 37.0 Å². The SMILES string of the molecule is CCCCNc1nc(SC)nc2c1sc1nc(N3CCOCC3)c3c(c12)CC(C)(C)OC3. The van der Waals surface area contributed by atoms with Crippen molar-refractivity contribution in [2.45, 2.75) is 57.4 Å². The van der Waals surface area contributed by atoms with Gasteiger partial charge in [-0.25, -0.2) is 15.0 Å². The number of hydrogen-bond acceptors (Lipinski definition) is 9. The molecular weight excluding hydrogens is 442 g/mol. The van der Waals surface area contributed by atoms with Crippen molar-refractivity contribution in [1.82, 2.24) is 15.0 Å². The van der Waals surface area contributed by atoms with Crippen molar-refractivity contribution in [3.05, 3.63) is 11.1 Å². The van der Waals surface area contributed by atoms with E-state index >= 15 is 0 Å². The number of ether oxygens (including phenoxy) is 2. The van der Waals surface area contributed by atoms with E-state index in [0.717, 1.165) is 83.9 Å². The van der Waals surface area contributed by atoms with E-state index in [4.69, 9.17) is 24.4 Å². The highest BCUT2D eigenvalue weighted by Crippen LogP contribution is 2.44. The van der Waals surface area contributed by atoms with Gasteiger partial charge < -0.3 is 19.7 Å². The van der Waals surface area contributed by atoms with Crippen LogP contribution in [0.3, 0.4) is 0 Å². The highest BCUT2D eigenvalue weighted by atomic mass is 32.2. The van der Waals surface area contributed by atoms with Gasteiger partial charge in [0.05, 0.1) is 35.6 Å². The van der Waals surface area contributed by atoms with E-state index in [2.05, 4.69) is 31.0 Å². The van der Waals surface area contributed by atoms with Crippen LogP contribution >= 0.6 is 23.1 Å². The molecule has 0 saturated carbocycles. The molecule has 1 N–H and O–H groups in total. The van der Waals surface area contributed by atoms with Crippen LogP contribution in [-0.2, 0) is 22.5 Å². The topological polar surface area (TPSA) is 72.4 Å². The first-order valence-corrected chi connectivity index (χ1v) is 13.5. The number of hydrogen-bond donors (Lipinski definition) is 1. The second-order valence-electron chi connectivity index (χ2n) is 9.02. The Bertz CT molecular complexity index is 1140. The molecule has 7 nitrogen and oxygen atoms in total. The lowest BCUT2D eigenvalue weighted by Gasteiger charge is -2.36. The molecule has 5 heterocycles. The molecule has 9 heteroatoms. The molecule has 0 bridgehead atoms. The first kappa shape index (κ1) is 22.1. The maximum absolute atomic E-state index is 6.25. The Labute approximate surface area is 197 Å². The standard InChI is InChI=1S/C23H31N5O2S2/c1-5-6-7-24-19-18-17(25-22(26-19)31-4)16-14-12-23(2,3)30-13-15(14)20(27-21(16)32-18)28-8-10-29-11-9-28/h5-13H2,1-4H3,(H,24,25,26). The molecule has 0 spiro atoms. The summed E-state index contributed by atoms with van der Waals surface area (Å²) in [5, 5.41) is 5.55. The van der Waals surface area contributed by atoms with Crippen molar-refractivity contribution in [3.63, 3.8) is 0 Å². The molecule has 2 aliphatic heterocycles. The van der Waals surface area contributed by atoms with Gasteiger partial charge in [-0.05, 0) is 32.1 Å². The number of nitrogens with one attached hydrogen (secondary N) is 1. The highest BCUT2D eigenvalue weighted by Gasteiger charge is 2.33. The number of pyridine rings is 1. The lowest BCUT2D eigenvalue weighted by atomic mass is 9.90. The number of unbranched alkanes of at least 4 members (excludes halogenated alkanes) is 1. The molecule has 3 aromatic heterocycles. The van der Waals surface area contributed by atoms with Crippen LogP contribution in [-0.4, -0.2) is 59.7 Å². The van der Waals surface area contributed by atoms with Crippen molar-refractivity contribution in [1.29, 1.82) is 0 Å². The van der Waals surface area contributed by atoms with Crippen LogP contribution in [0.1, 0.15) is 44.7 Å².